The van der Waals surface area contributed by atoms with E-state index in [0.29, 0.717) is 23.1 Å². The maximum atomic E-state index is 14.0. The predicted molar refractivity (Wildman–Crippen MR) is 106 cm³/mol. The van der Waals surface area contributed by atoms with Crippen LogP contribution in [0.15, 0.2) is 70.0 Å². The SMILES string of the molecule is O=C1S/C(=C/c2ccc(-c3cccc([N+](=O)[O-])c3)o2)C(=O)N1c1ccccc1F. The number of nitro benzene ring substituents is 1. The zero-order chi connectivity index (χ0) is 20.5. The number of imide groups is 1. The maximum absolute atomic E-state index is 14.0. The van der Waals surface area contributed by atoms with Crippen LogP contribution in [0, 0.1) is 15.9 Å². The number of hydrogen-bond donors (Lipinski definition) is 0. The third kappa shape index (κ3) is 3.55. The van der Waals surface area contributed by atoms with E-state index in [4.69, 9.17) is 4.42 Å². The number of carbonyl (C=O) groups is 2. The van der Waals surface area contributed by atoms with Gasteiger partial charge in [0.15, 0.2) is 0 Å². The molecule has 0 bridgehead atoms. The van der Waals surface area contributed by atoms with Crippen LogP contribution in [0.25, 0.3) is 17.4 Å². The first-order chi connectivity index (χ1) is 13.9. The first kappa shape index (κ1) is 18.6. The first-order valence-electron chi connectivity index (χ1n) is 8.31. The van der Waals surface area contributed by atoms with Gasteiger partial charge < -0.3 is 4.42 Å². The van der Waals surface area contributed by atoms with Gasteiger partial charge in [0.1, 0.15) is 17.3 Å². The van der Waals surface area contributed by atoms with Crippen LogP contribution in [0.4, 0.5) is 20.6 Å². The number of anilines is 1. The average molecular weight is 410 g/mol. The molecule has 2 amide bonds. The molecule has 1 aliphatic heterocycles. The molecule has 4 rings (SSSR count). The highest BCUT2D eigenvalue weighted by atomic mass is 32.2. The third-order valence-corrected chi connectivity index (χ3v) is 5.00. The van der Waals surface area contributed by atoms with E-state index in [2.05, 4.69) is 0 Å². The summed E-state index contributed by atoms with van der Waals surface area (Å²) in [6.07, 6.45) is 1.38. The number of para-hydroxylation sites is 1. The third-order valence-electron chi connectivity index (χ3n) is 4.13. The molecule has 3 aromatic rings. The summed E-state index contributed by atoms with van der Waals surface area (Å²) in [5, 5.41) is 10.3. The van der Waals surface area contributed by atoms with Crippen molar-refractivity contribution in [3.63, 3.8) is 0 Å². The van der Waals surface area contributed by atoms with Crippen molar-refractivity contribution in [2.45, 2.75) is 0 Å². The van der Waals surface area contributed by atoms with E-state index in [0.717, 1.165) is 4.90 Å². The summed E-state index contributed by atoms with van der Waals surface area (Å²) in [4.78, 5) is 36.1. The summed E-state index contributed by atoms with van der Waals surface area (Å²) in [5.74, 6) is -0.681. The molecule has 7 nitrogen and oxygen atoms in total. The molecule has 0 spiro atoms. The molecular formula is C20H11FN2O5S. The predicted octanol–water partition coefficient (Wildman–Crippen LogP) is 5.23. The first-order valence-corrected chi connectivity index (χ1v) is 9.13. The van der Waals surface area contributed by atoms with Crippen molar-refractivity contribution < 1.29 is 23.3 Å². The lowest BCUT2D eigenvalue weighted by molar-refractivity contribution is -0.384. The van der Waals surface area contributed by atoms with Gasteiger partial charge in [-0.1, -0.05) is 24.3 Å². The number of halogens is 1. The van der Waals surface area contributed by atoms with E-state index in [-0.39, 0.29) is 22.0 Å². The highest BCUT2D eigenvalue weighted by molar-refractivity contribution is 8.19. The molecule has 0 unspecified atom stereocenters. The Kier molecular flexibility index (Phi) is 4.73. The lowest BCUT2D eigenvalue weighted by Crippen LogP contribution is -2.28. The Morgan fingerprint density at radius 3 is 2.62 bits per heavy atom. The number of rotatable bonds is 4. The van der Waals surface area contributed by atoms with Crippen LogP contribution in [0.2, 0.25) is 0 Å². The van der Waals surface area contributed by atoms with Gasteiger partial charge in [0, 0.05) is 23.8 Å². The molecule has 1 saturated heterocycles. The summed E-state index contributed by atoms with van der Waals surface area (Å²) < 4.78 is 19.6. The van der Waals surface area contributed by atoms with E-state index in [1.165, 1.54) is 48.5 Å². The van der Waals surface area contributed by atoms with Crippen molar-refractivity contribution >= 4 is 40.4 Å². The zero-order valence-corrected chi connectivity index (χ0v) is 15.4. The molecular weight excluding hydrogens is 399 g/mol. The van der Waals surface area contributed by atoms with Crippen LogP contribution in [0.3, 0.4) is 0 Å². The Morgan fingerprint density at radius 2 is 1.86 bits per heavy atom. The van der Waals surface area contributed by atoms with Crippen molar-refractivity contribution in [2.75, 3.05) is 4.90 Å². The fourth-order valence-electron chi connectivity index (χ4n) is 2.80. The van der Waals surface area contributed by atoms with E-state index >= 15 is 0 Å². The highest BCUT2D eigenvalue weighted by Crippen LogP contribution is 2.37. The largest absolute Gasteiger partial charge is 0.457 e. The molecule has 0 atom stereocenters. The van der Waals surface area contributed by atoms with Crippen molar-refractivity contribution in [1.82, 2.24) is 0 Å². The number of thioether (sulfide) groups is 1. The topological polar surface area (TPSA) is 93.7 Å². The summed E-state index contributed by atoms with van der Waals surface area (Å²) in [6.45, 7) is 0. The van der Waals surface area contributed by atoms with Crippen LogP contribution in [-0.4, -0.2) is 16.1 Å². The second kappa shape index (κ2) is 7.36. The molecule has 0 N–H and O–H groups in total. The van der Waals surface area contributed by atoms with Crippen molar-refractivity contribution in [1.29, 1.82) is 0 Å². The summed E-state index contributed by atoms with van der Waals surface area (Å²) in [6, 6.07) is 14.6. The molecule has 29 heavy (non-hydrogen) atoms. The average Bonchev–Trinajstić information content (AvgIpc) is 3.28. The van der Waals surface area contributed by atoms with Crippen LogP contribution >= 0.6 is 11.8 Å². The van der Waals surface area contributed by atoms with Crippen molar-refractivity contribution in [3.05, 3.63) is 87.3 Å². The van der Waals surface area contributed by atoms with Crippen molar-refractivity contribution in [3.8, 4) is 11.3 Å². The van der Waals surface area contributed by atoms with Gasteiger partial charge in [-0.3, -0.25) is 19.7 Å². The molecule has 144 valence electrons. The van der Waals surface area contributed by atoms with Gasteiger partial charge in [-0.25, -0.2) is 9.29 Å². The number of carbonyl (C=O) groups excluding carboxylic acids is 2. The van der Waals surface area contributed by atoms with E-state index in [1.807, 2.05) is 0 Å². The normalized spacial score (nSPS) is 15.3. The number of furan rings is 1. The number of nitrogens with zero attached hydrogens (tertiary/aromatic N) is 2. The number of nitro groups is 1. The Morgan fingerprint density at radius 1 is 1.07 bits per heavy atom. The number of non-ortho nitro benzene ring substituents is 1. The fraction of sp³-hybridized carbons (Fsp3) is 0. The standard InChI is InChI=1S/C20H11FN2O5S/c21-15-6-1-2-7-16(15)22-19(24)18(29-20(22)25)11-14-8-9-17(28-14)12-4-3-5-13(10-12)23(26)27/h1-11H/b18-11+. The van der Waals surface area contributed by atoms with E-state index in [1.54, 1.807) is 18.2 Å². The Balaban J connectivity index is 1.62. The molecule has 1 aliphatic rings. The lowest BCUT2D eigenvalue weighted by Gasteiger charge is -2.12. The Hall–Kier alpha value is -3.72. The minimum atomic E-state index is -0.679. The fourth-order valence-corrected chi connectivity index (χ4v) is 3.61. The van der Waals surface area contributed by atoms with Gasteiger partial charge in [0.25, 0.3) is 16.8 Å². The Bertz CT molecular complexity index is 1190. The van der Waals surface area contributed by atoms with Gasteiger partial charge >= 0.3 is 0 Å². The maximum Gasteiger partial charge on any atom is 0.298 e. The molecule has 1 fully saturated rings. The molecule has 2 heterocycles. The van der Waals surface area contributed by atoms with Crippen LogP contribution in [0.1, 0.15) is 5.76 Å². The number of hydrogen-bond acceptors (Lipinski definition) is 6. The van der Waals surface area contributed by atoms with Gasteiger partial charge in [-0.15, -0.1) is 0 Å². The molecule has 9 heteroatoms. The number of benzene rings is 2. The van der Waals surface area contributed by atoms with Gasteiger partial charge in [-0.05, 0) is 36.0 Å². The van der Waals surface area contributed by atoms with E-state index < -0.39 is 21.9 Å². The Labute approximate surface area is 167 Å². The second-order valence-electron chi connectivity index (χ2n) is 5.98. The van der Waals surface area contributed by atoms with Crippen molar-refractivity contribution in [2.24, 2.45) is 0 Å². The van der Waals surface area contributed by atoms with Crippen LogP contribution < -0.4 is 4.90 Å². The van der Waals surface area contributed by atoms with Gasteiger partial charge in [0.05, 0.1) is 15.5 Å². The highest BCUT2D eigenvalue weighted by Gasteiger charge is 2.37. The second-order valence-corrected chi connectivity index (χ2v) is 6.97. The number of amides is 2. The molecule has 0 saturated carbocycles. The molecule has 2 aromatic carbocycles. The van der Waals surface area contributed by atoms with Crippen LogP contribution in [0.5, 0.6) is 0 Å². The summed E-state index contributed by atoms with van der Waals surface area (Å²) >= 11 is 0.674. The van der Waals surface area contributed by atoms with Crippen LogP contribution in [-0.2, 0) is 4.79 Å². The minimum Gasteiger partial charge on any atom is -0.457 e. The molecule has 0 aliphatic carbocycles. The van der Waals surface area contributed by atoms with Gasteiger partial charge in [-0.2, -0.15) is 0 Å². The minimum absolute atomic E-state index is 0.0774. The smallest absolute Gasteiger partial charge is 0.298 e. The molecule has 1 aromatic heterocycles. The zero-order valence-electron chi connectivity index (χ0n) is 14.6. The lowest BCUT2D eigenvalue weighted by atomic mass is 10.1. The monoisotopic (exact) mass is 410 g/mol. The molecule has 0 radical (unpaired) electrons. The quantitative estimate of drug-likeness (QED) is 0.332. The summed E-state index contributed by atoms with van der Waals surface area (Å²) in [5.41, 5.74) is 0.305. The van der Waals surface area contributed by atoms with E-state index in [9.17, 15) is 24.1 Å². The van der Waals surface area contributed by atoms with Gasteiger partial charge in [0.2, 0.25) is 0 Å². The summed E-state index contributed by atoms with van der Waals surface area (Å²) in [7, 11) is 0.